The first kappa shape index (κ1) is 19.5. The number of benzene rings is 1. The molecule has 1 heterocycles. The summed E-state index contributed by atoms with van der Waals surface area (Å²) in [6.07, 6.45) is 6.48. The van der Waals surface area contributed by atoms with Crippen LogP contribution in [0.2, 0.25) is 0 Å². The van der Waals surface area contributed by atoms with Crippen molar-refractivity contribution in [3.8, 4) is 5.75 Å². The van der Waals surface area contributed by atoms with Gasteiger partial charge < -0.3 is 20.7 Å². The molecule has 1 aliphatic heterocycles. The van der Waals surface area contributed by atoms with Crippen LogP contribution < -0.4 is 15.8 Å². The second kappa shape index (κ2) is 9.62. The molecular weight excluding hydrogens is 340 g/mol. The lowest BCUT2D eigenvalue weighted by atomic mass is 9.95. The second-order valence-corrected chi connectivity index (χ2v) is 7.57. The van der Waals surface area contributed by atoms with Crippen LogP contribution in [0.5, 0.6) is 5.75 Å². The molecule has 2 fully saturated rings. The Labute approximate surface area is 162 Å². The van der Waals surface area contributed by atoms with Crippen molar-refractivity contribution >= 4 is 11.9 Å². The number of nitrogens with two attached hydrogens (primary N) is 1. The maximum Gasteiger partial charge on any atom is 0.217 e. The lowest BCUT2D eigenvalue weighted by molar-refractivity contribution is -0.119. The van der Waals surface area contributed by atoms with Gasteiger partial charge in [0.15, 0.2) is 5.96 Å². The summed E-state index contributed by atoms with van der Waals surface area (Å²) in [6.45, 7) is 5.27. The molecule has 1 aliphatic carbocycles. The summed E-state index contributed by atoms with van der Waals surface area (Å²) in [4.78, 5) is 18.4. The highest BCUT2D eigenvalue weighted by molar-refractivity contribution is 5.80. The highest BCUT2D eigenvalue weighted by Gasteiger charge is 2.24. The normalized spacial score (nSPS) is 20.9. The number of hydrogen-bond donors (Lipinski definition) is 2. The quantitative estimate of drug-likeness (QED) is 0.570. The molecule has 3 rings (SSSR count). The van der Waals surface area contributed by atoms with E-state index in [2.05, 4.69) is 23.2 Å². The molecule has 1 atom stereocenters. The number of primary amides is 1. The number of amides is 1. The molecule has 0 radical (unpaired) electrons. The zero-order chi connectivity index (χ0) is 19.1. The zero-order valence-corrected chi connectivity index (χ0v) is 16.3. The predicted molar refractivity (Wildman–Crippen MR) is 108 cm³/mol. The van der Waals surface area contributed by atoms with Crippen LogP contribution in [-0.4, -0.2) is 42.5 Å². The van der Waals surface area contributed by atoms with E-state index in [-0.39, 0.29) is 5.91 Å². The SMILES string of the molecule is CCNC(=NCc1ccccc1OC1CCC1)N1CCCC(CC(N)=O)C1. The van der Waals surface area contributed by atoms with Gasteiger partial charge in [-0.25, -0.2) is 4.99 Å². The van der Waals surface area contributed by atoms with Crippen LogP contribution in [-0.2, 0) is 11.3 Å². The third-order valence-corrected chi connectivity index (χ3v) is 5.36. The monoisotopic (exact) mass is 372 g/mol. The highest BCUT2D eigenvalue weighted by atomic mass is 16.5. The van der Waals surface area contributed by atoms with Gasteiger partial charge >= 0.3 is 0 Å². The van der Waals surface area contributed by atoms with Crippen LogP contribution in [0.3, 0.4) is 0 Å². The first-order valence-corrected chi connectivity index (χ1v) is 10.2. The number of likely N-dealkylation sites (tertiary alicyclic amines) is 1. The Hall–Kier alpha value is -2.24. The maximum atomic E-state index is 11.3. The molecule has 27 heavy (non-hydrogen) atoms. The summed E-state index contributed by atoms with van der Waals surface area (Å²) in [7, 11) is 0. The number of piperidine rings is 1. The molecule has 1 unspecified atom stereocenters. The molecule has 0 spiro atoms. The van der Waals surface area contributed by atoms with E-state index >= 15 is 0 Å². The lowest BCUT2D eigenvalue weighted by Crippen LogP contribution is -2.47. The minimum Gasteiger partial charge on any atom is -0.490 e. The van der Waals surface area contributed by atoms with Gasteiger partial charge in [-0.2, -0.15) is 0 Å². The fourth-order valence-electron chi connectivity index (χ4n) is 3.71. The Morgan fingerprint density at radius 1 is 1.30 bits per heavy atom. The third-order valence-electron chi connectivity index (χ3n) is 5.36. The zero-order valence-electron chi connectivity index (χ0n) is 16.3. The number of nitrogens with one attached hydrogen (secondary N) is 1. The average molecular weight is 373 g/mol. The average Bonchev–Trinajstić information content (AvgIpc) is 2.62. The Morgan fingerprint density at radius 2 is 2.11 bits per heavy atom. The van der Waals surface area contributed by atoms with Crippen LogP contribution in [0, 0.1) is 5.92 Å². The summed E-state index contributed by atoms with van der Waals surface area (Å²) in [5, 5.41) is 3.40. The molecule has 1 amide bonds. The number of aliphatic imine (C=N–C) groups is 1. The van der Waals surface area contributed by atoms with Gasteiger partial charge in [-0.05, 0) is 51.0 Å². The first-order valence-electron chi connectivity index (χ1n) is 10.2. The number of ether oxygens (including phenoxy) is 1. The molecule has 1 saturated carbocycles. The van der Waals surface area contributed by atoms with Crippen molar-refractivity contribution in [1.29, 1.82) is 0 Å². The summed E-state index contributed by atoms with van der Waals surface area (Å²) in [6, 6.07) is 8.19. The van der Waals surface area contributed by atoms with Gasteiger partial charge in [0, 0.05) is 31.6 Å². The van der Waals surface area contributed by atoms with Gasteiger partial charge in [-0.15, -0.1) is 0 Å². The van der Waals surface area contributed by atoms with E-state index in [1.807, 2.05) is 18.2 Å². The van der Waals surface area contributed by atoms with E-state index in [0.717, 1.165) is 62.6 Å². The summed E-state index contributed by atoms with van der Waals surface area (Å²) >= 11 is 0. The van der Waals surface area contributed by atoms with Gasteiger partial charge in [-0.1, -0.05) is 18.2 Å². The topological polar surface area (TPSA) is 80.0 Å². The number of nitrogens with zero attached hydrogens (tertiary/aromatic N) is 2. The number of rotatable bonds is 7. The predicted octanol–water partition coefficient (Wildman–Crippen LogP) is 2.67. The van der Waals surface area contributed by atoms with Crippen LogP contribution in [0.1, 0.15) is 51.0 Å². The van der Waals surface area contributed by atoms with Crippen LogP contribution in [0.25, 0.3) is 0 Å². The van der Waals surface area contributed by atoms with E-state index in [0.29, 0.717) is 25.0 Å². The molecule has 1 aromatic rings. The molecule has 1 aromatic carbocycles. The fourth-order valence-corrected chi connectivity index (χ4v) is 3.71. The van der Waals surface area contributed by atoms with Crippen LogP contribution >= 0.6 is 0 Å². The summed E-state index contributed by atoms with van der Waals surface area (Å²) < 4.78 is 6.13. The Kier molecular flexibility index (Phi) is 6.96. The Balaban J connectivity index is 1.67. The van der Waals surface area contributed by atoms with Gasteiger partial charge in [-0.3, -0.25) is 4.79 Å². The Morgan fingerprint density at radius 3 is 2.81 bits per heavy atom. The minimum absolute atomic E-state index is 0.217. The molecule has 148 valence electrons. The lowest BCUT2D eigenvalue weighted by Gasteiger charge is -2.34. The van der Waals surface area contributed by atoms with Gasteiger partial charge in [0.25, 0.3) is 0 Å². The third kappa shape index (κ3) is 5.62. The number of para-hydroxylation sites is 1. The summed E-state index contributed by atoms with van der Waals surface area (Å²) in [5.41, 5.74) is 6.51. The van der Waals surface area contributed by atoms with Crippen molar-refractivity contribution in [3.05, 3.63) is 29.8 Å². The van der Waals surface area contributed by atoms with Crippen molar-refractivity contribution in [2.75, 3.05) is 19.6 Å². The van der Waals surface area contributed by atoms with Crippen LogP contribution in [0.15, 0.2) is 29.3 Å². The number of carbonyl (C=O) groups excluding carboxylic acids is 1. The number of hydrogen-bond acceptors (Lipinski definition) is 3. The van der Waals surface area contributed by atoms with Crippen molar-refractivity contribution in [2.24, 2.45) is 16.6 Å². The molecule has 3 N–H and O–H groups in total. The van der Waals surface area contributed by atoms with E-state index in [1.165, 1.54) is 6.42 Å². The standard InChI is InChI=1S/C21H32N4O2/c1-2-23-21(25-12-6-7-16(15-25)13-20(22)26)24-14-17-8-3-4-11-19(17)27-18-9-5-10-18/h3-4,8,11,16,18H,2,5-7,9-10,12-15H2,1H3,(H2,22,26)(H,23,24). The fraction of sp³-hybridized carbons (Fsp3) is 0.619. The van der Waals surface area contributed by atoms with Crippen molar-refractivity contribution in [2.45, 2.75) is 58.1 Å². The molecule has 6 heteroatoms. The summed E-state index contributed by atoms with van der Waals surface area (Å²) in [5.74, 6) is 1.96. The smallest absolute Gasteiger partial charge is 0.217 e. The van der Waals surface area contributed by atoms with Crippen molar-refractivity contribution in [1.82, 2.24) is 10.2 Å². The molecule has 6 nitrogen and oxygen atoms in total. The maximum absolute atomic E-state index is 11.3. The van der Waals surface area contributed by atoms with E-state index in [4.69, 9.17) is 15.5 Å². The Bertz CT molecular complexity index is 657. The first-order chi connectivity index (χ1) is 13.2. The second-order valence-electron chi connectivity index (χ2n) is 7.57. The van der Waals surface area contributed by atoms with E-state index in [9.17, 15) is 4.79 Å². The largest absolute Gasteiger partial charge is 0.490 e. The molecule has 2 aliphatic rings. The van der Waals surface area contributed by atoms with E-state index < -0.39 is 0 Å². The van der Waals surface area contributed by atoms with Crippen LogP contribution in [0.4, 0.5) is 0 Å². The van der Waals surface area contributed by atoms with Gasteiger partial charge in [0.2, 0.25) is 5.91 Å². The van der Waals surface area contributed by atoms with Crippen molar-refractivity contribution in [3.63, 3.8) is 0 Å². The minimum atomic E-state index is -0.217. The van der Waals surface area contributed by atoms with E-state index in [1.54, 1.807) is 0 Å². The van der Waals surface area contributed by atoms with Crippen molar-refractivity contribution < 1.29 is 9.53 Å². The molecular formula is C21H32N4O2. The van der Waals surface area contributed by atoms with Gasteiger partial charge in [0.1, 0.15) is 5.75 Å². The highest BCUT2D eigenvalue weighted by Crippen LogP contribution is 2.28. The molecule has 0 bridgehead atoms. The molecule has 1 saturated heterocycles. The van der Waals surface area contributed by atoms with Gasteiger partial charge in [0.05, 0.1) is 12.6 Å². The molecule has 0 aromatic heterocycles. The number of guanidine groups is 1. The number of carbonyl (C=O) groups is 1.